The summed E-state index contributed by atoms with van der Waals surface area (Å²) in [6, 6.07) is 16.1. The Labute approximate surface area is 185 Å². The van der Waals surface area contributed by atoms with Gasteiger partial charge in [0.05, 0.1) is 12.9 Å². The Kier molecular flexibility index (Phi) is 5.82. The molecule has 2 heterocycles. The molecule has 0 aliphatic rings. The van der Waals surface area contributed by atoms with Crippen LogP contribution in [0.1, 0.15) is 38.1 Å². The zero-order chi connectivity index (χ0) is 22.0. The van der Waals surface area contributed by atoms with Gasteiger partial charge in [0, 0.05) is 16.7 Å². The number of aryl methyl sites for hydroxylation is 1. The van der Waals surface area contributed by atoms with Crippen molar-refractivity contribution in [3.63, 3.8) is 0 Å². The highest BCUT2D eigenvalue weighted by Gasteiger charge is 2.22. The fourth-order valence-electron chi connectivity index (χ4n) is 3.04. The highest BCUT2D eigenvalue weighted by atomic mass is 32.2. The van der Waals surface area contributed by atoms with Crippen LogP contribution >= 0.6 is 11.8 Å². The van der Waals surface area contributed by atoms with Crippen molar-refractivity contribution in [3.05, 3.63) is 65.9 Å². The van der Waals surface area contributed by atoms with Gasteiger partial charge in [-0.05, 0) is 37.3 Å². The molecule has 4 rings (SSSR count). The van der Waals surface area contributed by atoms with Crippen molar-refractivity contribution >= 4 is 11.8 Å². The molecule has 7 nitrogen and oxygen atoms in total. The maximum absolute atomic E-state index is 5.84. The van der Waals surface area contributed by atoms with Gasteiger partial charge in [0.2, 0.25) is 11.8 Å². The molecule has 0 saturated heterocycles. The molecule has 2 aromatic carbocycles. The molecule has 2 aromatic heterocycles. The predicted octanol–water partition coefficient (Wildman–Crippen LogP) is 5.22. The third kappa shape index (κ3) is 4.64. The molecule has 0 spiro atoms. The normalized spacial score (nSPS) is 11.6. The Morgan fingerprint density at radius 3 is 2.42 bits per heavy atom. The number of aromatic nitrogens is 5. The van der Waals surface area contributed by atoms with Crippen LogP contribution in [0.3, 0.4) is 0 Å². The largest absolute Gasteiger partial charge is 0.497 e. The molecular weight excluding hydrogens is 410 g/mol. The number of hydrogen-bond acceptors (Lipinski definition) is 7. The van der Waals surface area contributed by atoms with E-state index in [4.69, 9.17) is 9.15 Å². The minimum atomic E-state index is -0.183. The first-order valence-corrected chi connectivity index (χ1v) is 11.0. The number of ether oxygens (including phenoxy) is 1. The number of benzene rings is 2. The van der Waals surface area contributed by atoms with Gasteiger partial charge in [-0.15, -0.1) is 20.4 Å². The minimum absolute atomic E-state index is 0.183. The van der Waals surface area contributed by atoms with Crippen LogP contribution in [0.2, 0.25) is 0 Å². The fraction of sp³-hybridized carbons (Fsp3) is 0.304. The fourth-order valence-corrected chi connectivity index (χ4v) is 3.83. The maximum atomic E-state index is 5.84. The van der Waals surface area contributed by atoms with Gasteiger partial charge in [-0.25, -0.2) is 0 Å². The number of hydrogen-bond donors (Lipinski definition) is 0. The molecule has 0 amide bonds. The van der Waals surface area contributed by atoms with Gasteiger partial charge in [-0.2, -0.15) is 0 Å². The lowest BCUT2D eigenvalue weighted by molar-refractivity contribution is 0.378. The summed E-state index contributed by atoms with van der Waals surface area (Å²) < 4.78 is 13.2. The van der Waals surface area contributed by atoms with Crippen LogP contribution in [0.15, 0.2) is 58.1 Å². The number of nitrogens with zero attached hydrogens (tertiary/aromatic N) is 5. The second kappa shape index (κ2) is 8.55. The molecule has 31 heavy (non-hydrogen) atoms. The lowest BCUT2D eigenvalue weighted by Crippen LogP contribution is -2.11. The monoisotopic (exact) mass is 435 g/mol. The van der Waals surface area contributed by atoms with Crippen molar-refractivity contribution in [2.75, 3.05) is 7.11 Å². The van der Waals surface area contributed by atoms with E-state index in [9.17, 15) is 0 Å². The summed E-state index contributed by atoms with van der Waals surface area (Å²) in [5, 5.41) is 18.1. The van der Waals surface area contributed by atoms with E-state index >= 15 is 0 Å². The summed E-state index contributed by atoms with van der Waals surface area (Å²) in [6.45, 7) is 8.21. The SMILES string of the molecule is COc1ccc(-n2c(SCc3nnc(C(C)(C)C)o3)nnc2-c2cccc(C)c2)cc1. The Balaban J connectivity index is 1.69. The summed E-state index contributed by atoms with van der Waals surface area (Å²) in [6.07, 6.45) is 0. The predicted molar refractivity (Wildman–Crippen MR) is 121 cm³/mol. The van der Waals surface area contributed by atoms with E-state index in [1.807, 2.05) is 61.7 Å². The first kappa shape index (κ1) is 21.1. The quantitative estimate of drug-likeness (QED) is 0.384. The van der Waals surface area contributed by atoms with E-state index in [-0.39, 0.29) is 5.41 Å². The lowest BCUT2D eigenvalue weighted by atomic mass is 9.97. The van der Waals surface area contributed by atoms with Crippen molar-refractivity contribution in [2.24, 2.45) is 0 Å². The van der Waals surface area contributed by atoms with Crippen molar-refractivity contribution in [1.29, 1.82) is 0 Å². The summed E-state index contributed by atoms with van der Waals surface area (Å²) in [7, 11) is 1.66. The number of rotatable bonds is 6. The standard InChI is InChI=1S/C23H25N5O2S/c1-15-7-6-8-16(13-15)20-25-27-22(28(20)17-9-11-18(29-5)12-10-17)31-14-19-24-26-21(30-19)23(2,3)4/h6-13H,14H2,1-5H3. The summed E-state index contributed by atoms with van der Waals surface area (Å²) >= 11 is 1.51. The highest BCUT2D eigenvalue weighted by molar-refractivity contribution is 7.98. The average molecular weight is 436 g/mol. The Hall–Kier alpha value is -3.13. The second-order valence-corrected chi connectivity index (χ2v) is 9.19. The van der Waals surface area contributed by atoms with Gasteiger partial charge < -0.3 is 9.15 Å². The zero-order valence-corrected chi connectivity index (χ0v) is 19.1. The van der Waals surface area contributed by atoms with Crippen LogP contribution in [0, 0.1) is 6.92 Å². The maximum Gasteiger partial charge on any atom is 0.226 e. The molecular formula is C23H25N5O2S. The van der Waals surface area contributed by atoms with Crippen molar-refractivity contribution < 1.29 is 9.15 Å². The molecule has 0 aliphatic heterocycles. The van der Waals surface area contributed by atoms with Gasteiger partial charge in [0.25, 0.3) is 0 Å². The molecule has 0 bridgehead atoms. The first-order valence-electron chi connectivity index (χ1n) is 9.97. The molecule has 160 valence electrons. The Morgan fingerprint density at radius 2 is 1.77 bits per heavy atom. The number of thioether (sulfide) groups is 1. The number of methoxy groups -OCH3 is 1. The molecule has 0 radical (unpaired) electrons. The molecule has 0 atom stereocenters. The molecule has 8 heteroatoms. The van der Waals surface area contributed by atoms with E-state index in [2.05, 4.69) is 39.5 Å². The highest BCUT2D eigenvalue weighted by Crippen LogP contribution is 2.31. The van der Waals surface area contributed by atoms with Crippen molar-refractivity contribution in [3.8, 4) is 22.8 Å². The van der Waals surface area contributed by atoms with Gasteiger partial charge >= 0.3 is 0 Å². The Morgan fingerprint density at radius 1 is 1.00 bits per heavy atom. The van der Waals surface area contributed by atoms with E-state index in [1.165, 1.54) is 11.8 Å². The molecule has 0 unspecified atom stereocenters. The summed E-state index contributed by atoms with van der Waals surface area (Å²) in [5.41, 5.74) is 2.93. The third-order valence-corrected chi connectivity index (χ3v) is 5.59. The van der Waals surface area contributed by atoms with E-state index in [0.717, 1.165) is 33.5 Å². The van der Waals surface area contributed by atoms with E-state index in [0.29, 0.717) is 17.5 Å². The summed E-state index contributed by atoms with van der Waals surface area (Å²) in [4.78, 5) is 0. The molecule has 0 N–H and O–H groups in total. The van der Waals surface area contributed by atoms with Gasteiger partial charge in [-0.3, -0.25) is 4.57 Å². The second-order valence-electron chi connectivity index (χ2n) is 8.25. The minimum Gasteiger partial charge on any atom is -0.497 e. The molecule has 0 fully saturated rings. The smallest absolute Gasteiger partial charge is 0.226 e. The topological polar surface area (TPSA) is 78.9 Å². The van der Waals surface area contributed by atoms with Gasteiger partial charge in [-0.1, -0.05) is 56.3 Å². The molecule has 0 aliphatic carbocycles. The van der Waals surface area contributed by atoms with Gasteiger partial charge in [0.15, 0.2) is 11.0 Å². The molecule has 0 saturated carbocycles. The van der Waals surface area contributed by atoms with E-state index < -0.39 is 0 Å². The summed E-state index contributed by atoms with van der Waals surface area (Å²) in [5.74, 6) is 3.27. The van der Waals surface area contributed by atoms with E-state index in [1.54, 1.807) is 7.11 Å². The van der Waals surface area contributed by atoms with Crippen LogP contribution in [-0.2, 0) is 11.2 Å². The first-order chi connectivity index (χ1) is 14.8. The van der Waals surface area contributed by atoms with Crippen LogP contribution in [0.5, 0.6) is 5.75 Å². The molecule has 4 aromatic rings. The lowest BCUT2D eigenvalue weighted by Gasteiger charge is -2.11. The van der Waals surface area contributed by atoms with Crippen LogP contribution in [0.4, 0.5) is 0 Å². The van der Waals surface area contributed by atoms with Gasteiger partial charge in [0.1, 0.15) is 5.75 Å². The zero-order valence-electron chi connectivity index (χ0n) is 18.3. The van der Waals surface area contributed by atoms with Crippen molar-refractivity contribution in [1.82, 2.24) is 25.0 Å². The Bertz CT molecular complexity index is 1180. The van der Waals surface area contributed by atoms with Crippen LogP contribution < -0.4 is 4.74 Å². The average Bonchev–Trinajstić information content (AvgIpc) is 3.39. The van der Waals surface area contributed by atoms with Crippen LogP contribution in [0.25, 0.3) is 17.1 Å². The van der Waals surface area contributed by atoms with Crippen molar-refractivity contribution in [2.45, 2.75) is 44.0 Å². The third-order valence-electron chi connectivity index (χ3n) is 4.67. The van der Waals surface area contributed by atoms with Crippen LogP contribution in [-0.4, -0.2) is 32.1 Å².